The van der Waals surface area contributed by atoms with E-state index in [0.29, 0.717) is 10.8 Å². The van der Waals surface area contributed by atoms with Gasteiger partial charge in [0.1, 0.15) is 5.75 Å². The maximum atomic E-state index is 12.1. The van der Waals surface area contributed by atoms with Gasteiger partial charge in [-0.15, -0.1) is 0 Å². The number of anilines is 1. The highest BCUT2D eigenvalue weighted by atomic mass is 35.5. The average Bonchev–Trinajstić information content (AvgIpc) is 2.56. The van der Waals surface area contributed by atoms with Crippen molar-refractivity contribution in [2.75, 3.05) is 11.9 Å². The van der Waals surface area contributed by atoms with Gasteiger partial charge in [-0.25, -0.2) is 9.78 Å². The van der Waals surface area contributed by atoms with E-state index >= 15 is 0 Å². The molecule has 2 rings (SSSR count). The summed E-state index contributed by atoms with van der Waals surface area (Å²) in [7, 11) is 0. The summed E-state index contributed by atoms with van der Waals surface area (Å²) in [5, 5.41) is 3.01. The highest BCUT2D eigenvalue weighted by molar-refractivity contribution is 6.36. The van der Waals surface area contributed by atoms with Crippen molar-refractivity contribution < 1.29 is 19.1 Å². The molecule has 0 bridgehead atoms. The molecule has 0 aliphatic heterocycles. The molecule has 27 heavy (non-hydrogen) atoms. The molecule has 1 heterocycles. The molecule has 1 amide bonds. The van der Waals surface area contributed by atoms with Crippen molar-refractivity contribution >= 4 is 40.9 Å². The number of nitrogens with one attached hydrogen (secondary N) is 1. The van der Waals surface area contributed by atoms with Gasteiger partial charge in [0.05, 0.1) is 10.0 Å². The van der Waals surface area contributed by atoms with Gasteiger partial charge < -0.3 is 14.8 Å². The van der Waals surface area contributed by atoms with E-state index in [-0.39, 0.29) is 17.4 Å². The van der Waals surface area contributed by atoms with Gasteiger partial charge in [0.2, 0.25) is 0 Å². The lowest BCUT2D eigenvalue weighted by Crippen LogP contribution is -2.32. The van der Waals surface area contributed by atoms with Gasteiger partial charge in [0.25, 0.3) is 5.91 Å². The highest BCUT2D eigenvalue weighted by Crippen LogP contribution is 2.25. The second-order valence-electron chi connectivity index (χ2n) is 6.12. The molecule has 1 N–H and O–H groups in total. The van der Waals surface area contributed by atoms with E-state index in [1.54, 1.807) is 0 Å². The average molecular weight is 411 g/mol. The van der Waals surface area contributed by atoms with Crippen LogP contribution in [0, 0.1) is 20.8 Å². The molecule has 8 heteroatoms. The largest absolute Gasteiger partial charge is 0.481 e. The number of carbonyl (C=O) groups excluding carboxylic acids is 2. The molecule has 1 aromatic carbocycles. The number of halogens is 2. The van der Waals surface area contributed by atoms with Crippen molar-refractivity contribution in [1.29, 1.82) is 0 Å². The van der Waals surface area contributed by atoms with E-state index in [9.17, 15) is 9.59 Å². The van der Waals surface area contributed by atoms with Crippen LogP contribution in [0.5, 0.6) is 5.75 Å². The molecule has 0 saturated heterocycles. The van der Waals surface area contributed by atoms with E-state index in [2.05, 4.69) is 10.3 Å². The zero-order valence-electron chi connectivity index (χ0n) is 15.4. The number of rotatable bonds is 6. The number of nitrogens with zero attached hydrogens (tertiary/aromatic N) is 1. The Labute approximate surface area is 167 Å². The SMILES string of the molecule is Cc1cc(C)c(OCC(=O)O[C@H](C)C(=O)Nc2ncc(Cl)cc2Cl)c(C)c1. The van der Waals surface area contributed by atoms with E-state index in [4.69, 9.17) is 32.7 Å². The van der Waals surface area contributed by atoms with Crippen LogP contribution in [0.4, 0.5) is 5.82 Å². The zero-order chi connectivity index (χ0) is 20.1. The summed E-state index contributed by atoms with van der Waals surface area (Å²) in [6, 6.07) is 5.38. The Morgan fingerprint density at radius 1 is 1.15 bits per heavy atom. The smallest absolute Gasteiger partial charge is 0.344 e. The summed E-state index contributed by atoms with van der Waals surface area (Å²) in [4.78, 5) is 28.1. The Bertz CT molecular complexity index is 848. The molecule has 6 nitrogen and oxygen atoms in total. The second-order valence-corrected chi connectivity index (χ2v) is 6.97. The van der Waals surface area contributed by atoms with E-state index in [1.807, 2.05) is 32.9 Å². The number of amides is 1. The summed E-state index contributed by atoms with van der Waals surface area (Å²) in [5.74, 6) is -0.460. The van der Waals surface area contributed by atoms with Crippen LogP contribution >= 0.6 is 23.2 Å². The maximum Gasteiger partial charge on any atom is 0.344 e. The van der Waals surface area contributed by atoms with Crippen molar-refractivity contribution in [3.05, 3.63) is 51.1 Å². The van der Waals surface area contributed by atoms with E-state index in [0.717, 1.165) is 16.7 Å². The van der Waals surface area contributed by atoms with Gasteiger partial charge in [-0.05, 0) is 44.9 Å². The lowest BCUT2D eigenvalue weighted by atomic mass is 10.1. The molecule has 0 fully saturated rings. The number of benzene rings is 1. The molecule has 0 spiro atoms. The molecule has 144 valence electrons. The van der Waals surface area contributed by atoms with Crippen molar-refractivity contribution in [2.45, 2.75) is 33.8 Å². The fraction of sp³-hybridized carbons (Fsp3) is 0.316. The molecule has 0 aliphatic rings. The van der Waals surface area contributed by atoms with Gasteiger partial charge >= 0.3 is 5.97 Å². The molecular weight excluding hydrogens is 391 g/mol. The van der Waals surface area contributed by atoms with Gasteiger partial charge in [-0.3, -0.25) is 4.79 Å². The first-order chi connectivity index (χ1) is 12.7. The summed E-state index contributed by atoms with van der Waals surface area (Å²) >= 11 is 11.7. The zero-order valence-corrected chi connectivity index (χ0v) is 16.9. The summed E-state index contributed by atoms with van der Waals surface area (Å²) in [5.41, 5.74) is 2.96. The van der Waals surface area contributed by atoms with E-state index < -0.39 is 18.0 Å². The third kappa shape index (κ3) is 5.84. The number of hydrogen-bond acceptors (Lipinski definition) is 5. The highest BCUT2D eigenvalue weighted by Gasteiger charge is 2.20. The molecule has 0 saturated carbocycles. The first kappa shape index (κ1) is 21.0. The van der Waals surface area contributed by atoms with Crippen LogP contribution in [-0.2, 0) is 14.3 Å². The van der Waals surface area contributed by atoms with Crippen molar-refractivity contribution in [3.8, 4) is 5.75 Å². The fourth-order valence-corrected chi connectivity index (χ4v) is 2.96. The number of esters is 1. The fourth-order valence-electron chi connectivity index (χ4n) is 2.54. The minimum absolute atomic E-state index is 0.135. The van der Waals surface area contributed by atoms with Crippen LogP contribution in [-0.4, -0.2) is 29.6 Å². The number of ether oxygens (including phenoxy) is 2. The third-order valence-electron chi connectivity index (χ3n) is 3.67. The molecule has 0 radical (unpaired) electrons. The minimum Gasteiger partial charge on any atom is -0.481 e. The minimum atomic E-state index is -1.05. The van der Waals surface area contributed by atoms with Crippen molar-refractivity contribution in [3.63, 3.8) is 0 Å². The topological polar surface area (TPSA) is 77.5 Å². The van der Waals surface area contributed by atoms with Crippen molar-refractivity contribution in [1.82, 2.24) is 4.98 Å². The Balaban J connectivity index is 1.90. The van der Waals surface area contributed by atoms with Gasteiger partial charge in [0, 0.05) is 6.20 Å². The molecule has 1 aromatic heterocycles. The standard InChI is InChI=1S/C19H20Cl2N2O4/c1-10-5-11(2)17(12(3)6-10)26-9-16(24)27-13(4)19(25)23-18-15(21)7-14(20)8-22-18/h5-8,13H,9H2,1-4H3,(H,22,23,25)/t13-/m1/s1. The lowest BCUT2D eigenvalue weighted by molar-refractivity contribution is -0.155. The number of hydrogen-bond donors (Lipinski definition) is 1. The van der Waals surface area contributed by atoms with Crippen LogP contribution in [0.2, 0.25) is 10.0 Å². The van der Waals surface area contributed by atoms with Crippen LogP contribution in [0.3, 0.4) is 0 Å². The Kier molecular flexibility index (Phi) is 7.05. The molecule has 1 atom stereocenters. The third-order valence-corrected chi connectivity index (χ3v) is 4.16. The van der Waals surface area contributed by atoms with Crippen LogP contribution in [0.15, 0.2) is 24.4 Å². The number of carbonyl (C=O) groups is 2. The van der Waals surface area contributed by atoms with Gasteiger partial charge in [-0.1, -0.05) is 40.9 Å². The van der Waals surface area contributed by atoms with E-state index in [1.165, 1.54) is 19.2 Å². The molecule has 2 aromatic rings. The second kappa shape index (κ2) is 9.06. The predicted molar refractivity (Wildman–Crippen MR) is 105 cm³/mol. The van der Waals surface area contributed by atoms with Crippen molar-refractivity contribution in [2.24, 2.45) is 0 Å². The first-order valence-corrected chi connectivity index (χ1v) is 8.95. The van der Waals surface area contributed by atoms with Crippen LogP contribution in [0.1, 0.15) is 23.6 Å². The summed E-state index contributed by atoms with van der Waals surface area (Å²) < 4.78 is 10.7. The van der Waals surface area contributed by atoms with Crippen LogP contribution < -0.4 is 10.1 Å². The molecule has 0 aliphatic carbocycles. The summed E-state index contributed by atoms with van der Waals surface area (Å²) in [6.07, 6.45) is 0.301. The Hall–Kier alpha value is -2.31. The predicted octanol–water partition coefficient (Wildman–Crippen LogP) is 4.26. The van der Waals surface area contributed by atoms with Crippen LogP contribution in [0.25, 0.3) is 0 Å². The first-order valence-electron chi connectivity index (χ1n) is 8.19. The normalized spacial score (nSPS) is 11.6. The van der Waals surface area contributed by atoms with Gasteiger partial charge in [-0.2, -0.15) is 0 Å². The molecule has 0 unspecified atom stereocenters. The Morgan fingerprint density at radius 2 is 1.78 bits per heavy atom. The monoisotopic (exact) mass is 410 g/mol. The number of aryl methyl sites for hydroxylation is 3. The van der Waals surface area contributed by atoms with Gasteiger partial charge in [0.15, 0.2) is 18.5 Å². The number of aromatic nitrogens is 1. The lowest BCUT2D eigenvalue weighted by Gasteiger charge is -2.15. The molecular formula is C19H20Cl2N2O4. The number of pyridine rings is 1. The maximum absolute atomic E-state index is 12.1. The Morgan fingerprint density at radius 3 is 2.37 bits per heavy atom. The summed E-state index contributed by atoms with van der Waals surface area (Å²) in [6.45, 7) is 6.93. The quantitative estimate of drug-likeness (QED) is 0.719.